The average molecular weight is 273 g/mol. The molecule has 2 aromatic rings. The molecule has 20 heavy (non-hydrogen) atoms. The Labute approximate surface area is 117 Å². The fraction of sp³-hybridized carbons (Fsp3) is 0.200. The SMILES string of the molecule is CN(Cc1cccc(F)c1)C(=O)c1ccc(CN)cn1. The van der Waals surface area contributed by atoms with Crippen molar-refractivity contribution >= 4 is 5.91 Å². The summed E-state index contributed by atoms with van der Waals surface area (Å²) in [6, 6.07) is 9.60. The number of hydrogen-bond donors (Lipinski definition) is 1. The van der Waals surface area contributed by atoms with E-state index >= 15 is 0 Å². The van der Waals surface area contributed by atoms with Gasteiger partial charge in [0.15, 0.2) is 0 Å². The molecule has 0 aliphatic rings. The monoisotopic (exact) mass is 273 g/mol. The molecule has 0 atom stereocenters. The number of pyridine rings is 1. The zero-order chi connectivity index (χ0) is 14.5. The third-order valence-electron chi connectivity index (χ3n) is 2.94. The first kappa shape index (κ1) is 14.1. The van der Waals surface area contributed by atoms with Crippen molar-refractivity contribution in [1.82, 2.24) is 9.88 Å². The van der Waals surface area contributed by atoms with Gasteiger partial charge in [0.2, 0.25) is 0 Å². The first-order valence-corrected chi connectivity index (χ1v) is 6.25. The number of nitrogens with zero attached hydrogens (tertiary/aromatic N) is 2. The summed E-state index contributed by atoms with van der Waals surface area (Å²) in [4.78, 5) is 17.8. The molecule has 0 radical (unpaired) electrons. The fourth-order valence-corrected chi connectivity index (χ4v) is 1.85. The Bertz CT molecular complexity index is 598. The van der Waals surface area contributed by atoms with Crippen molar-refractivity contribution in [2.45, 2.75) is 13.1 Å². The Kier molecular flexibility index (Phi) is 4.42. The predicted molar refractivity (Wildman–Crippen MR) is 74.3 cm³/mol. The molecule has 104 valence electrons. The van der Waals surface area contributed by atoms with Crippen LogP contribution in [0, 0.1) is 5.82 Å². The minimum atomic E-state index is -0.311. The molecule has 4 nitrogen and oxygen atoms in total. The van der Waals surface area contributed by atoms with Gasteiger partial charge < -0.3 is 10.6 Å². The maximum absolute atomic E-state index is 13.1. The largest absolute Gasteiger partial charge is 0.336 e. The van der Waals surface area contributed by atoms with E-state index in [-0.39, 0.29) is 11.7 Å². The van der Waals surface area contributed by atoms with Crippen LogP contribution in [0.3, 0.4) is 0 Å². The molecule has 1 amide bonds. The Morgan fingerprint density at radius 3 is 2.70 bits per heavy atom. The quantitative estimate of drug-likeness (QED) is 0.926. The number of hydrogen-bond acceptors (Lipinski definition) is 3. The highest BCUT2D eigenvalue weighted by atomic mass is 19.1. The first-order valence-electron chi connectivity index (χ1n) is 6.25. The van der Waals surface area contributed by atoms with Crippen molar-refractivity contribution in [1.29, 1.82) is 0 Å². The second kappa shape index (κ2) is 6.25. The van der Waals surface area contributed by atoms with Crippen LogP contribution in [0.15, 0.2) is 42.6 Å². The molecule has 0 fully saturated rings. The molecule has 0 spiro atoms. The molecular formula is C15H16FN3O. The summed E-state index contributed by atoms with van der Waals surface area (Å²) in [7, 11) is 1.66. The molecule has 2 N–H and O–H groups in total. The van der Waals surface area contributed by atoms with Crippen LogP contribution in [0.5, 0.6) is 0 Å². The predicted octanol–water partition coefficient (Wildman–Crippen LogP) is 1.95. The number of rotatable bonds is 4. The summed E-state index contributed by atoms with van der Waals surface area (Å²) in [5.74, 6) is -0.522. The maximum Gasteiger partial charge on any atom is 0.272 e. The van der Waals surface area contributed by atoms with Gasteiger partial charge in [-0.25, -0.2) is 4.39 Å². The Morgan fingerprint density at radius 2 is 2.10 bits per heavy atom. The van der Waals surface area contributed by atoms with Crippen LogP contribution in [0.4, 0.5) is 4.39 Å². The first-order chi connectivity index (χ1) is 9.60. The van der Waals surface area contributed by atoms with E-state index in [9.17, 15) is 9.18 Å². The number of carbonyl (C=O) groups is 1. The lowest BCUT2D eigenvalue weighted by molar-refractivity contribution is 0.0779. The van der Waals surface area contributed by atoms with Gasteiger partial charge in [0.25, 0.3) is 5.91 Å². The van der Waals surface area contributed by atoms with Crippen molar-refractivity contribution in [2.24, 2.45) is 5.73 Å². The van der Waals surface area contributed by atoms with E-state index in [2.05, 4.69) is 4.98 Å². The average Bonchev–Trinajstić information content (AvgIpc) is 2.46. The third-order valence-corrected chi connectivity index (χ3v) is 2.94. The van der Waals surface area contributed by atoms with Gasteiger partial charge in [0, 0.05) is 26.3 Å². The summed E-state index contributed by atoms with van der Waals surface area (Å²) in [6.07, 6.45) is 1.59. The van der Waals surface area contributed by atoms with Gasteiger partial charge in [-0.2, -0.15) is 0 Å². The van der Waals surface area contributed by atoms with Gasteiger partial charge in [-0.1, -0.05) is 18.2 Å². The molecule has 1 heterocycles. The highest BCUT2D eigenvalue weighted by Crippen LogP contribution is 2.09. The molecule has 0 saturated heterocycles. The molecule has 0 aliphatic carbocycles. The van der Waals surface area contributed by atoms with Crippen LogP contribution in [0.1, 0.15) is 21.6 Å². The number of amides is 1. The van der Waals surface area contributed by atoms with Crippen molar-refractivity contribution in [3.8, 4) is 0 Å². The number of aromatic nitrogens is 1. The number of benzene rings is 1. The molecule has 0 bridgehead atoms. The van der Waals surface area contributed by atoms with E-state index in [1.54, 1.807) is 37.5 Å². The summed E-state index contributed by atoms with van der Waals surface area (Å²) >= 11 is 0. The van der Waals surface area contributed by atoms with Crippen molar-refractivity contribution in [2.75, 3.05) is 7.05 Å². The topological polar surface area (TPSA) is 59.2 Å². The summed E-state index contributed by atoms with van der Waals surface area (Å²) in [6.45, 7) is 0.720. The minimum Gasteiger partial charge on any atom is -0.336 e. The van der Waals surface area contributed by atoms with E-state index in [4.69, 9.17) is 5.73 Å². The molecule has 2 rings (SSSR count). The summed E-state index contributed by atoms with van der Waals surface area (Å²) in [5, 5.41) is 0. The second-order valence-corrected chi connectivity index (χ2v) is 4.55. The summed E-state index contributed by atoms with van der Waals surface area (Å²) < 4.78 is 13.1. The smallest absolute Gasteiger partial charge is 0.272 e. The van der Waals surface area contributed by atoms with Gasteiger partial charge in [-0.05, 0) is 29.3 Å². The highest BCUT2D eigenvalue weighted by molar-refractivity contribution is 5.92. The van der Waals surface area contributed by atoms with Gasteiger partial charge >= 0.3 is 0 Å². The minimum absolute atomic E-state index is 0.210. The Hall–Kier alpha value is -2.27. The molecule has 1 aromatic carbocycles. The van der Waals surface area contributed by atoms with Gasteiger partial charge in [0.05, 0.1) is 0 Å². The van der Waals surface area contributed by atoms with E-state index in [1.807, 2.05) is 0 Å². The molecule has 0 aliphatic heterocycles. The van der Waals surface area contributed by atoms with Crippen LogP contribution < -0.4 is 5.73 Å². The van der Waals surface area contributed by atoms with Gasteiger partial charge in [-0.3, -0.25) is 9.78 Å². The molecular weight excluding hydrogens is 257 g/mol. The van der Waals surface area contributed by atoms with E-state index in [0.29, 0.717) is 18.8 Å². The number of nitrogens with two attached hydrogens (primary N) is 1. The second-order valence-electron chi connectivity index (χ2n) is 4.55. The lowest BCUT2D eigenvalue weighted by Crippen LogP contribution is -2.27. The molecule has 0 saturated carbocycles. The summed E-state index contributed by atoms with van der Waals surface area (Å²) in [5.41, 5.74) is 7.43. The molecule has 5 heteroatoms. The highest BCUT2D eigenvalue weighted by Gasteiger charge is 2.13. The van der Waals surface area contributed by atoms with Crippen LogP contribution in [-0.4, -0.2) is 22.8 Å². The Balaban J connectivity index is 2.07. The lowest BCUT2D eigenvalue weighted by atomic mass is 10.2. The van der Waals surface area contributed by atoms with Crippen molar-refractivity contribution in [3.05, 3.63) is 65.2 Å². The molecule has 0 unspecified atom stereocenters. The maximum atomic E-state index is 13.1. The Morgan fingerprint density at radius 1 is 1.30 bits per heavy atom. The lowest BCUT2D eigenvalue weighted by Gasteiger charge is -2.17. The molecule has 1 aromatic heterocycles. The zero-order valence-corrected chi connectivity index (χ0v) is 11.2. The number of carbonyl (C=O) groups excluding carboxylic acids is 1. The van der Waals surface area contributed by atoms with E-state index < -0.39 is 0 Å². The van der Waals surface area contributed by atoms with Crippen LogP contribution in [0.25, 0.3) is 0 Å². The van der Waals surface area contributed by atoms with Crippen molar-refractivity contribution in [3.63, 3.8) is 0 Å². The fourth-order valence-electron chi connectivity index (χ4n) is 1.85. The zero-order valence-electron chi connectivity index (χ0n) is 11.2. The van der Waals surface area contributed by atoms with Crippen LogP contribution in [-0.2, 0) is 13.1 Å². The van der Waals surface area contributed by atoms with Crippen molar-refractivity contribution < 1.29 is 9.18 Å². The number of halogens is 1. The van der Waals surface area contributed by atoms with E-state index in [0.717, 1.165) is 11.1 Å². The third kappa shape index (κ3) is 3.39. The normalized spacial score (nSPS) is 10.3. The van der Waals surface area contributed by atoms with Crippen LogP contribution >= 0.6 is 0 Å². The van der Waals surface area contributed by atoms with Gasteiger partial charge in [-0.15, -0.1) is 0 Å². The van der Waals surface area contributed by atoms with Crippen LogP contribution in [0.2, 0.25) is 0 Å². The standard InChI is InChI=1S/C15H16FN3O/c1-19(10-11-3-2-4-13(16)7-11)15(20)14-6-5-12(8-17)9-18-14/h2-7,9H,8,10,17H2,1H3. The van der Waals surface area contributed by atoms with Gasteiger partial charge in [0.1, 0.15) is 11.5 Å². The van der Waals surface area contributed by atoms with E-state index in [1.165, 1.54) is 17.0 Å².